The van der Waals surface area contributed by atoms with E-state index in [0.29, 0.717) is 22.4 Å². The van der Waals surface area contributed by atoms with Crippen molar-refractivity contribution in [1.29, 1.82) is 0 Å². The molecule has 4 nitrogen and oxygen atoms in total. The average Bonchev–Trinajstić information content (AvgIpc) is 2.94. The SMILES string of the molecule is O=C(NC1CCN2CCCC12)c1cccc(Br)n1. The van der Waals surface area contributed by atoms with Crippen molar-refractivity contribution in [3.05, 3.63) is 28.5 Å². The Bertz CT molecular complexity index is 465. The van der Waals surface area contributed by atoms with Gasteiger partial charge in [0.2, 0.25) is 0 Å². The molecular weight excluding hydrogens is 294 g/mol. The number of halogens is 1. The van der Waals surface area contributed by atoms with Crippen molar-refractivity contribution in [2.75, 3.05) is 13.1 Å². The number of amides is 1. The molecule has 2 aliphatic heterocycles. The number of fused-ring (bicyclic) bond motifs is 1. The average molecular weight is 310 g/mol. The molecule has 18 heavy (non-hydrogen) atoms. The standard InChI is InChI=1S/C13H16BrN3O/c14-12-5-1-3-10(15-12)13(18)16-9-6-8-17-7-2-4-11(9)17/h1,3,5,9,11H,2,4,6-8H2,(H,16,18). The van der Waals surface area contributed by atoms with Crippen LogP contribution in [0.5, 0.6) is 0 Å². The van der Waals surface area contributed by atoms with Crippen LogP contribution in [0.4, 0.5) is 0 Å². The molecule has 2 saturated heterocycles. The van der Waals surface area contributed by atoms with Crippen molar-refractivity contribution < 1.29 is 4.79 Å². The van der Waals surface area contributed by atoms with Crippen LogP contribution in [-0.2, 0) is 0 Å². The van der Waals surface area contributed by atoms with E-state index in [1.807, 2.05) is 12.1 Å². The van der Waals surface area contributed by atoms with Crippen molar-refractivity contribution in [2.45, 2.75) is 31.3 Å². The second-order valence-corrected chi connectivity index (χ2v) is 5.77. The first-order chi connectivity index (χ1) is 8.74. The fraction of sp³-hybridized carbons (Fsp3) is 0.538. The number of hydrogen-bond donors (Lipinski definition) is 1. The Labute approximate surface area is 115 Å². The van der Waals surface area contributed by atoms with Crippen LogP contribution >= 0.6 is 15.9 Å². The smallest absolute Gasteiger partial charge is 0.270 e. The number of nitrogens with one attached hydrogen (secondary N) is 1. The van der Waals surface area contributed by atoms with Crippen molar-refractivity contribution in [1.82, 2.24) is 15.2 Å². The molecule has 96 valence electrons. The van der Waals surface area contributed by atoms with Crippen LogP contribution in [0.2, 0.25) is 0 Å². The summed E-state index contributed by atoms with van der Waals surface area (Å²) in [6, 6.07) is 6.25. The van der Waals surface area contributed by atoms with Gasteiger partial charge in [-0.2, -0.15) is 0 Å². The minimum atomic E-state index is -0.0601. The second kappa shape index (κ2) is 4.97. The predicted octanol–water partition coefficient (Wildman–Crippen LogP) is 1.81. The van der Waals surface area contributed by atoms with E-state index in [1.165, 1.54) is 19.4 Å². The van der Waals surface area contributed by atoms with E-state index in [4.69, 9.17) is 0 Å². The van der Waals surface area contributed by atoms with Gasteiger partial charge in [-0.05, 0) is 53.9 Å². The summed E-state index contributed by atoms with van der Waals surface area (Å²) in [4.78, 5) is 18.8. The topological polar surface area (TPSA) is 45.2 Å². The number of carbonyl (C=O) groups excluding carboxylic acids is 1. The summed E-state index contributed by atoms with van der Waals surface area (Å²) in [5.74, 6) is -0.0601. The molecule has 1 aromatic heterocycles. The number of pyridine rings is 1. The highest BCUT2D eigenvalue weighted by Gasteiger charge is 2.37. The monoisotopic (exact) mass is 309 g/mol. The maximum atomic E-state index is 12.1. The molecule has 0 radical (unpaired) electrons. The van der Waals surface area contributed by atoms with Gasteiger partial charge in [0.15, 0.2) is 0 Å². The van der Waals surface area contributed by atoms with Crippen LogP contribution in [0.1, 0.15) is 29.8 Å². The summed E-state index contributed by atoms with van der Waals surface area (Å²) >= 11 is 3.29. The summed E-state index contributed by atoms with van der Waals surface area (Å²) in [5.41, 5.74) is 0.487. The highest BCUT2D eigenvalue weighted by Crippen LogP contribution is 2.28. The zero-order valence-electron chi connectivity index (χ0n) is 10.1. The molecule has 0 bridgehead atoms. The number of hydrogen-bond acceptors (Lipinski definition) is 3. The molecule has 1 aromatic rings. The Morgan fingerprint density at radius 2 is 2.28 bits per heavy atom. The van der Waals surface area contributed by atoms with Gasteiger partial charge in [0.05, 0.1) is 0 Å². The quantitative estimate of drug-likeness (QED) is 0.848. The van der Waals surface area contributed by atoms with E-state index in [1.54, 1.807) is 6.07 Å². The van der Waals surface area contributed by atoms with Gasteiger partial charge in [-0.1, -0.05) is 6.07 Å². The zero-order valence-corrected chi connectivity index (χ0v) is 11.7. The van der Waals surface area contributed by atoms with Gasteiger partial charge < -0.3 is 5.32 Å². The van der Waals surface area contributed by atoms with Crippen LogP contribution in [0, 0.1) is 0 Å². The van der Waals surface area contributed by atoms with Crippen LogP contribution in [0.15, 0.2) is 22.8 Å². The summed E-state index contributed by atoms with van der Waals surface area (Å²) in [6.45, 7) is 2.30. The molecule has 0 aliphatic carbocycles. The lowest BCUT2D eigenvalue weighted by molar-refractivity contribution is 0.0924. The van der Waals surface area contributed by atoms with E-state index in [-0.39, 0.29) is 5.91 Å². The molecule has 1 N–H and O–H groups in total. The molecule has 2 unspecified atom stereocenters. The molecule has 3 rings (SSSR count). The maximum Gasteiger partial charge on any atom is 0.270 e. The van der Waals surface area contributed by atoms with Crippen LogP contribution in [-0.4, -0.2) is 41.0 Å². The molecule has 0 aromatic carbocycles. The lowest BCUT2D eigenvalue weighted by Gasteiger charge is -2.21. The maximum absolute atomic E-state index is 12.1. The Kier molecular flexibility index (Phi) is 3.35. The largest absolute Gasteiger partial charge is 0.346 e. The summed E-state index contributed by atoms with van der Waals surface area (Å²) in [6.07, 6.45) is 3.52. The number of rotatable bonds is 2. The predicted molar refractivity (Wildman–Crippen MR) is 72.4 cm³/mol. The van der Waals surface area contributed by atoms with E-state index >= 15 is 0 Å². The molecule has 0 saturated carbocycles. The first kappa shape index (κ1) is 12.1. The second-order valence-electron chi connectivity index (χ2n) is 4.96. The zero-order chi connectivity index (χ0) is 12.5. The molecule has 2 aliphatic rings. The third-order valence-electron chi connectivity index (χ3n) is 3.87. The lowest BCUT2D eigenvalue weighted by atomic mass is 10.1. The van der Waals surface area contributed by atoms with E-state index in [2.05, 4.69) is 31.1 Å². The molecular formula is C13H16BrN3O. The van der Waals surface area contributed by atoms with E-state index in [0.717, 1.165) is 13.0 Å². The van der Waals surface area contributed by atoms with Gasteiger partial charge >= 0.3 is 0 Å². The number of carbonyl (C=O) groups is 1. The van der Waals surface area contributed by atoms with E-state index in [9.17, 15) is 4.79 Å². The first-order valence-electron chi connectivity index (χ1n) is 6.41. The van der Waals surface area contributed by atoms with Gasteiger partial charge in [-0.25, -0.2) is 4.98 Å². The molecule has 1 amide bonds. The van der Waals surface area contributed by atoms with Gasteiger partial charge in [-0.15, -0.1) is 0 Å². The van der Waals surface area contributed by atoms with Crippen LogP contribution in [0.3, 0.4) is 0 Å². The number of nitrogens with zero attached hydrogens (tertiary/aromatic N) is 2. The van der Waals surface area contributed by atoms with Gasteiger partial charge in [-0.3, -0.25) is 9.69 Å². The fourth-order valence-electron chi connectivity index (χ4n) is 3.03. The lowest BCUT2D eigenvalue weighted by Crippen LogP contribution is -2.42. The Hall–Kier alpha value is -0.940. The van der Waals surface area contributed by atoms with Crippen LogP contribution < -0.4 is 5.32 Å². The van der Waals surface area contributed by atoms with Crippen molar-refractivity contribution in [3.63, 3.8) is 0 Å². The molecule has 0 spiro atoms. The van der Waals surface area contributed by atoms with E-state index < -0.39 is 0 Å². The summed E-state index contributed by atoms with van der Waals surface area (Å²) in [5, 5.41) is 3.13. The third-order valence-corrected chi connectivity index (χ3v) is 4.31. The minimum Gasteiger partial charge on any atom is -0.346 e. The third kappa shape index (κ3) is 2.29. The Balaban J connectivity index is 1.68. The van der Waals surface area contributed by atoms with Gasteiger partial charge in [0.1, 0.15) is 10.3 Å². The van der Waals surface area contributed by atoms with Crippen molar-refractivity contribution >= 4 is 21.8 Å². The normalized spacial score (nSPS) is 27.2. The summed E-state index contributed by atoms with van der Waals surface area (Å²) in [7, 11) is 0. The Morgan fingerprint density at radius 3 is 3.11 bits per heavy atom. The number of aromatic nitrogens is 1. The highest BCUT2D eigenvalue weighted by molar-refractivity contribution is 9.10. The fourth-order valence-corrected chi connectivity index (χ4v) is 3.37. The summed E-state index contributed by atoms with van der Waals surface area (Å²) < 4.78 is 0.698. The molecule has 2 fully saturated rings. The minimum absolute atomic E-state index is 0.0601. The highest BCUT2D eigenvalue weighted by atomic mass is 79.9. The van der Waals surface area contributed by atoms with Crippen LogP contribution in [0.25, 0.3) is 0 Å². The van der Waals surface area contributed by atoms with Gasteiger partial charge in [0, 0.05) is 18.6 Å². The Morgan fingerprint density at radius 1 is 1.39 bits per heavy atom. The van der Waals surface area contributed by atoms with Gasteiger partial charge in [0.25, 0.3) is 5.91 Å². The molecule has 5 heteroatoms. The molecule has 2 atom stereocenters. The van der Waals surface area contributed by atoms with Crippen molar-refractivity contribution in [3.8, 4) is 0 Å². The van der Waals surface area contributed by atoms with Crippen molar-refractivity contribution in [2.24, 2.45) is 0 Å². The molecule has 3 heterocycles. The first-order valence-corrected chi connectivity index (χ1v) is 7.21.